The van der Waals surface area contributed by atoms with Gasteiger partial charge in [-0.2, -0.15) is 5.10 Å². The summed E-state index contributed by atoms with van der Waals surface area (Å²) in [5.74, 6) is -0.141. The molecule has 1 amide bonds. The van der Waals surface area contributed by atoms with Gasteiger partial charge in [0.1, 0.15) is 0 Å². The van der Waals surface area contributed by atoms with Crippen molar-refractivity contribution in [1.29, 1.82) is 0 Å². The number of rotatable bonds is 6. The Kier molecular flexibility index (Phi) is 5.66. The summed E-state index contributed by atoms with van der Waals surface area (Å²) < 4.78 is 1.39. The molecule has 0 spiro atoms. The summed E-state index contributed by atoms with van der Waals surface area (Å²) >= 11 is 0. The Morgan fingerprint density at radius 1 is 1.00 bits per heavy atom. The zero-order valence-corrected chi connectivity index (χ0v) is 16.7. The fourth-order valence-corrected chi connectivity index (χ4v) is 3.31. The van der Waals surface area contributed by atoms with E-state index in [0.29, 0.717) is 11.9 Å². The average Bonchev–Trinajstić information content (AvgIpc) is 2.79. The minimum Gasteiger partial charge on any atom is -0.352 e. The molecule has 0 aliphatic rings. The first-order valence-corrected chi connectivity index (χ1v) is 9.84. The molecule has 2 aromatic heterocycles. The zero-order valence-electron chi connectivity index (χ0n) is 16.7. The van der Waals surface area contributed by atoms with Crippen LogP contribution in [0.1, 0.15) is 17.5 Å². The van der Waals surface area contributed by atoms with Gasteiger partial charge in [-0.3, -0.25) is 14.6 Å². The molecule has 0 aliphatic carbocycles. The summed E-state index contributed by atoms with van der Waals surface area (Å²) in [6, 6.07) is 19.2. The topological polar surface area (TPSA) is 76.9 Å². The van der Waals surface area contributed by atoms with Crippen LogP contribution in [0.2, 0.25) is 0 Å². The van der Waals surface area contributed by atoms with E-state index in [1.165, 1.54) is 4.68 Å². The van der Waals surface area contributed by atoms with Crippen LogP contribution in [0, 0.1) is 6.92 Å². The van der Waals surface area contributed by atoms with Gasteiger partial charge >= 0.3 is 0 Å². The largest absolute Gasteiger partial charge is 0.352 e. The maximum Gasteiger partial charge on any atom is 0.274 e. The number of nitrogens with one attached hydrogen (secondary N) is 1. The van der Waals surface area contributed by atoms with Crippen molar-refractivity contribution in [1.82, 2.24) is 20.1 Å². The first-order valence-electron chi connectivity index (χ1n) is 9.84. The lowest BCUT2D eigenvalue weighted by molar-refractivity contribution is -0.121. The molecular weight excluding hydrogens is 376 g/mol. The van der Waals surface area contributed by atoms with Crippen molar-refractivity contribution < 1.29 is 4.79 Å². The number of hydrogen-bond acceptors (Lipinski definition) is 4. The third kappa shape index (κ3) is 4.27. The molecule has 4 aromatic rings. The van der Waals surface area contributed by atoms with E-state index in [1.807, 2.05) is 61.5 Å². The molecule has 0 unspecified atom stereocenters. The zero-order chi connectivity index (χ0) is 20.9. The number of carbonyl (C=O) groups excluding carboxylic acids is 1. The number of hydrogen-bond donors (Lipinski definition) is 1. The molecule has 0 saturated heterocycles. The molecule has 4 rings (SSSR count). The van der Waals surface area contributed by atoms with Gasteiger partial charge in [-0.25, -0.2) is 4.68 Å². The van der Waals surface area contributed by atoms with E-state index in [-0.39, 0.29) is 24.4 Å². The number of carbonyl (C=O) groups is 1. The number of aryl methyl sites for hydroxylation is 2. The van der Waals surface area contributed by atoms with E-state index in [4.69, 9.17) is 0 Å². The fraction of sp³-hybridized carbons (Fsp3) is 0.167. The SMILES string of the molecule is Cc1ccc(-c2nn(CCC(=O)NCc3cccnc3)c(=O)c3ccccc23)cc1. The molecule has 0 bridgehead atoms. The lowest BCUT2D eigenvalue weighted by Gasteiger charge is -2.12. The molecule has 6 heteroatoms. The normalized spacial score (nSPS) is 10.8. The highest BCUT2D eigenvalue weighted by Gasteiger charge is 2.13. The Labute approximate surface area is 174 Å². The lowest BCUT2D eigenvalue weighted by atomic mass is 10.0. The van der Waals surface area contributed by atoms with Crippen LogP contribution in [0.3, 0.4) is 0 Å². The Balaban J connectivity index is 1.58. The number of nitrogens with zero attached hydrogens (tertiary/aromatic N) is 3. The molecule has 2 aromatic carbocycles. The summed E-state index contributed by atoms with van der Waals surface area (Å²) in [6.45, 7) is 2.64. The molecule has 150 valence electrons. The summed E-state index contributed by atoms with van der Waals surface area (Å²) in [5.41, 5.74) is 3.56. The van der Waals surface area contributed by atoms with Gasteiger partial charge in [-0.15, -0.1) is 0 Å². The van der Waals surface area contributed by atoms with Gasteiger partial charge < -0.3 is 5.32 Å². The molecule has 0 saturated carbocycles. The molecule has 6 nitrogen and oxygen atoms in total. The van der Waals surface area contributed by atoms with E-state index < -0.39 is 0 Å². The monoisotopic (exact) mass is 398 g/mol. The van der Waals surface area contributed by atoms with Gasteiger partial charge in [-0.1, -0.05) is 54.1 Å². The molecule has 0 radical (unpaired) electrons. The van der Waals surface area contributed by atoms with Crippen LogP contribution in [0.4, 0.5) is 0 Å². The van der Waals surface area contributed by atoms with Crippen molar-refractivity contribution in [3.63, 3.8) is 0 Å². The van der Waals surface area contributed by atoms with Crippen LogP contribution < -0.4 is 10.9 Å². The third-order valence-corrected chi connectivity index (χ3v) is 4.96. The smallest absolute Gasteiger partial charge is 0.274 e. The van der Waals surface area contributed by atoms with Crippen molar-refractivity contribution in [2.45, 2.75) is 26.4 Å². The van der Waals surface area contributed by atoms with Gasteiger partial charge in [-0.05, 0) is 24.6 Å². The first kappa shape index (κ1) is 19.5. The highest BCUT2D eigenvalue weighted by molar-refractivity contribution is 5.93. The van der Waals surface area contributed by atoms with Gasteiger partial charge in [0.15, 0.2) is 0 Å². The fourth-order valence-electron chi connectivity index (χ4n) is 3.31. The second kappa shape index (κ2) is 8.69. The maximum atomic E-state index is 12.9. The summed E-state index contributed by atoms with van der Waals surface area (Å²) in [4.78, 5) is 29.2. The van der Waals surface area contributed by atoms with E-state index in [2.05, 4.69) is 15.4 Å². The van der Waals surface area contributed by atoms with Gasteiger partial charge in [0, 0.05) is 36.3 Å². The second-order valence-corrected chi connectivity index (χ2v) is 7.18. The Morgan fingerprint density at radius 3 is 2.50 bits per heavy atom. The van der Waals surface area contributed by atoms with Gasteiger partial charge in [0.25, 0.3) is 5.56 Å². The van der Waals surface area contributed by atoms with E-state index in [9.17, 15) is 9.59 Å². The standard InChI is InChI=1S/C24H22N4O2/c1-17-8-10-19(11-9-17)23-20-6-2-3-7-21(20)24(30)28(27-23)14-12-22(29)26-16-18-5-4-13-25-15-18/h2-11,13,15H,12,14,16H2,1H3,(H,26,29). The predicted molar refractivity (Wildman–Crippen MR) is 117 cm³/mol. The Bertz CT molecular complexity index is 1230. The van der Waals surface area contributed by atoms with Crippen LogP contribution in [-0.4, -0.2) is 20.7 Å². The van der Waals surface area contributed by atoms with Crippen LogP contribution >= 0.6 is 0 Å². The quantitative estimate of drug-likeness (QED) is 0.540. The van der Waals surface area contributed by atoms with E-state index in [0.717, 1.165) is 27.8 Å². The maximum absolute atomic E-state index is 12.9. The highest BCUT2D eigenvalue weighted by Crippen LogP contribution is 2.24. The second-order valence-electron chi connectivity index (χ2n) is 7.18. The van der Waals surface area contributed by atoms with Crippen molar-refractivity contribution in [3.8, 4) is 11.3 Å². The summed E-state index contributed by atoms with van der Waals surface area (Å²) in [6.07, 6.45) is 3.57. The highest BCUT2D eigenvalue weighted by atomic mass is 16.2. The molecular formula is C24H22N4O2. The van der Waals surface area contributed by atoms with Crippen molar-refractivity contribution >= 4 is 16.7 Å². The average molecular weight is 398 g/mol. The van der Waals surface area contributed by atoms with Crippen LogP contribution in [-0.2, 0) is 17.9 Å². The van der Waals surface area contributed by atoms with E-state index >= 15 is 0 Å². The van der Waals surface area contributed by atoms with Crippen molar-refractivity contribution in [3.05, 3.63) is 94.5 Å². The Morgan fingerprint density at radius 2 is 1.77 bits per heavy atom. The minimum atomic E-state index is -0.193. The first-order chi connectivity index (χ1) is 14.6. The molecule has 1 N–H and O–H groups in total. The van der Waals surface area contributed by atoms with Gasteiger partial charge in [0.05, 0.1) is 17.6 Å². The molecule has 30 heavy (non-hydrogen) atoms. The molecule has 0 fully saturated rings. The Hall–Kier alpha value is -3.80. The van der Waals surface area contributed by atoms with Crippen LogP contribution in [0.15, 0.2) is 77.9 Å². The van der Waals surface area contributed by atoms with Crippen molar-refractivity contribution in [2.75, 3.05) is 0 Å². The van der Waals surface area contributed by atoms with Gasteiger partial charge in [0.2, 0.25) is 5.91 Å². The number of fused-ring (bicyclic) bond motifs is 1. The number of benzene rings is 2. The number of aromatic nitrogens is 3. The van der Waals surface area contributed by atoms with Crippen molar-refractivity contribution in [2.24, 2.45) is 0 Å². The minimum absolute atomic E-state index is 0.141. The van der Waals surface area contributed by atoms with Crippen LogP contribution in [0.25, 0.3) is 22.0 Å². The third-order valence-electron chi connectivity index (χ3n) is 4.96. The lowest BCUT2D eigenvalue weighted by Crippen LogP contribution is -2.29. The molecule has 0 atom stereocenters. The predicted octanol–water partition coefficient (Wildman–Crippen LogP) is 3.47. The number of amides is 1. The van der Waals surface area contributed by atoms with Crippen LogP contribution in [0.5, 0.6) is 0 Å². The molecule has 0 aliphatic heterocycles. The number of pyridine rings is 1. The summed E-state index contributed by atoms with van der Waals surface area (Å²) in [7, 11) is 0. The van der Waals surface area contributed by atoms with E-state index in [1.54, 1.807) is 18.5 Å². The molecule has 2 heterocycles. The summed E-state index contributed by atoms with van der Waals surface area (Å²) in [5, 5.41) is 8.87.